The number of ketones is 1. The number of imide groups is 1. The third-order valence-electron chi connectivity index (χ3n) is 6.10. The summed E-state index contributed by atoms with van der Waals surface area (Å²) in [6.07, 6.45) is 5.49. The monoisotopic (exact) mass is 436 g/mol. The van der Waals surface area contributed by atoms with Gasteiger partial charge < -0.3 is 19.4 Å². The van der Waals surface area contributed by atoms with Gasteiger partial charge in [-0.1, -0.05) is 6.08 Å². The molecule has 4 heterocycles. The second-order valence-corrected chi connectivity index (χ2v) is 8.10. The van der Waals surface area contributed by atoms with Crippen molar-refractivity contribution in [2.75, 3.05) is 20.2 Å². The Morgan fingerprint density at radius 1 is 1.34 bits per heavy atom. The zero-order chi connectivity index (χ0) is 22.6. The second kappa shape index (κ2) is 7.04. The normalized spacial score (nSPS) is 26.8. The molecule has 10 heteroatoms. The van der Waals surface area contributed by atoms with Crippen LogP contribution in [0.2, 0.25) is 0 Å². The number of hydrogen-bond acceptors (Lipinski definition) is 7. The first-order valence-electron chi connectivity index (χ1n) is 10.1. The van der Waals surface area contributed by atoms with Gasteiger partial charge in [-0.15, -0.1) is 0 Å². The number of nitrogens with zero attached hydrogens (tertiary/aromatic N) is 2. The van der Waals surface area contributed by atoms with Crippen LogP contribution in [0, 0.1) is 11.8 Å². The second-order valence-electron chi connectivity index (χ2n) is 8.10. The SMILES string of the molecule is COC1=CC2C(=O)N(CC3(c4cc5nc(C(C)=O)ccc5o4)NC(=O)NC3=O)CC2C=C1. The fourth-order valence-corrected chi connectivity index (χ4v) is 4.43. The summed E-state index contributed by atoms with van der Waals surface area (Å²) in [6, 6.07) is 3.95. The number of pyridine rings is 1. The maximum Gasteiger partial charge on any atom is 0.322 e. The lowest BCUT2D eigenvalue weighted by molar-refractivity contribution is -0.133. The number of fused-ring (bicyclic) bond motifs is 2. The van der Waals surface area contributed by atoms with Crippen LogP contribution in [0.1, 0.15) is 23.2 Å². The molecule has 2 aliphatic heterocycles. The number of amides is 4. The molecule has 10 nitrogen and oxygen atoms in total. The molecule has 0 bridgehead atoms. The molecule has 4 amide bonds. The summed E-state index contributed by atoms with van der Waals surface area (Å²) in [6.45, 7) is 1.67. The molecule has 2 saturated heterocycles. The molecule has 3 aliphatic rings. The summed E-state index contributed by atoms with van der Waals surface area (Å²) < 4.78 is 11.1. The highest BCUT2D eigenvalue weighted by atomic mass is 16.5. The number of nitrogens with one attached hydrogen (secondary N) is 2. The average molecular weight is 436 g/mol. The van der Waals surface area contributed by atoms with E-state index in [1.165, 1.54) is 26.2 Å². The van der Waals surface area contributed by atoms with Gasteiger partial charge in [0.15, 0.2) is 16.9 Å². The minimum atomic E-state index is -1.62. The Hall–Kier alpha value is -3.95. The zero-order valence-corrected chi connectivity index (χ0v) is 17.4. The van der Waals surface area contributed by atoms with Gasteiger partial charge in [0.2, 0.25) is 5.91 Å². The number of methoxy groups -OCH3 is 1. The van der Waals surface area contributed by atoms with Crippen molar-refractivity contribution >= 4 is 34.7 Å². The first-order valence-corrected chi connectivity index (χ1v) is 10.1. The molecular weight excluding hydrogens is 416 g/mol. The smallest absolute Gasteiger partial charge is 0.322 e. The molecule has 0 saturated carbocycles. The summed E-state index contributed by atoms with van der Waals surface area (Å²) >= 11 is 0. The molecule has 164 valence electrons. The van der Waals surface area contributed by atoms with Crippen molar-refractivity contribution in [3.05, 3.63) is 53.6 Å². The molecule has 0 radical (unpaired) electrons. The van der Waals surface area contributed by atoms with Gasteiger partial charge in [-0.25, -0.2) is 9.78 Å². The molecule has 1 aliphatic carbocycles. The van der Waals surface area contributed by atoms with E-state index in [0.717, 1.165) is 0 Å². The number of Topliss-reactive ketones (excluding diaryl/α,β-unsaturated/α-hetero) is 1. The van der Waals surface area contributed by atoms with Gasteiger partial charge in [0.25, 0.3) is 5.91 Å². The van der Waals surface area contributed by atoms with Gasteiger partial charge >= 0.3 is 6.03 Å². The number of aromatic nitrogens is 1. The van der Waals surface area contributed by atoms with Crippen LogP contribution in [-0.4, -0.2) is 53.7 Å². The van der Waals surface area contributed by atoms with Crippen LogP contribution in [0.4, 0.5) is 4.79 Å². The van der Waals surface area contributed by atoms with Crippen molar-refractivity contribution in [1.29, 1.82) is 0 Å². The van der Waals surface area contributed by atoms with E-state index in [0.29, 0.717) is 23.4 Å². The van der Waals surface area contributed by atoms with E-state index >= 15 is 0 Å². The third-order valence-corrected chi connectivity index (χ3v) is 6.10. The molecule has 3 atom stereocenters. The largest absolute Gasteiger partial charge is 0.497 e. The Morgan fingerprint density at radius 3 is 2.84 bits per heavy atom. The highest BCUT2D eigenvalue weighted by molar-refractivity contribution is 6.08. The fourth-order valence-electron chi connectivity index (χ4n) is 4.43. The highest BCUT2D eigenvalue weighted by Crippen LogP contribution is 2.36. The Balaban J connectivity index is 1.52. The van der Waals surface area contributed by atoms with E-state index in [1.807, 2.05) is 12.2 Å². The van der Waals surface area contributed by atoms with Gasteiger partial charge in [0.1, 0.15) is 22.7 Å². The standard InChI is InChI=1S/C22H20N4O6/c1-11(27)15-5-6-17-16(23-15)8-18(32-17)22(20(29)24-21(30)25-22)10-26-9-12-3-4-13(31-2)7-14(12)19(26)28/h3-8,12,14H,9-10H2,1-2H3,(H2,24,25,29,30). The number of ether oxygens (including phenoxy) is 1. The van der Waals surface area contributed by atoms with Gasteiger partial charge in [0, 0.05) is 25.5 Å². The summed E-state index contributed by atoms with van der Waals surface area (Å²) in [7, 11) is 1.54. The lowest BCUT2D eigenvalue weighted by Crippen LogP contribution is -2.53. The molecule has 2 aromatic heterocycles. The van der Waals surface area contributed by atoms with E-state index < -0.39 is 23.4 Å². The lowest BCUT2D eigenvalue weighted by atomic mass is 9.91. The zero-order valence-electron chi connectivity index (χ0n) is 17.4. The molecule has 2 N–H and O–H groups in total. The first-order chi connectivity index (χ1) is 15.3. The lowest BCUT2D eigenvalue weighted by Gasteiger charge is -2.29. The van der Waals surface area contributed by atoms with Crippen LogP contribution in [0.5, 0.6) is 0 Å². The number of hydrogen-bond donors (Lipinski definition) is 2. The van der Waals surface area contributed by atoms with Crippen molar-refractivity contribution in [2.24, 2.45) is 11.8 Å². The van der Waals surface area contributed by atoms with Crippen molar-refractivity contribution in [2.45, 2.75) is 12.5 Å². The van der Waals surface area contributed by atoms with Crippen LogP contribution in [0.15, 0.2) is 46.6 Å². The molecule has 5 rings (SSSR count). The predicted molar refractivity (Wildman–Crippen MR) is 110 cm³/mol. The van der Waals surface area contributed by atoms with Crippen molar-refractivity contribution < 1.29 is 28.3 Å². The summed E-state index contributed by atoms with van der Waals surface area (Å²) in [5.41, 5.74) is -0.631. The Labute approximate surface area is 182 Å². The molecular formula is C22H20N4O6. The molecule has 32 heavy (non-hydrogen) atoms. The highest BCUT2D eigenvalue weighted by Gasteiger charge is 2.54. The summed E-state index contributed by atoms with van der Waals surface area (Å²) in [5.74, 6) is -0.729. The number of carbonyl (C=O) groups is 4. The van der Waals surface area contributed by atoms with Gasteiger partial charge in [-0.2, -0.15) is 0 Å². The number of likely N-dealkylation sites (tertiary alicyclic amines) is 1. The number of carbonyl (C=O) groups excluding carboxylic acids is 4. The number of allylic oxidation sites excluding steroid dienone is 1. The summed E-state index contributed by atoms with van der Waals surface area (Å²) in [4.78, 5) is 55.6. The van der Waals surface area contributed by atoms with E-state index in [1.54, 1.807) is 17.0 Å². The van der Waals surface area contributed by atoms with Crippen LogP contribution in [-0.2, 0) is 19.9 Å². The molecule has 3 unspecified atom stereocenters. The van der Waals surface area contributed by atoms with Gasteiger partial charge in [0.05, 0.1) is 19.6 Å². The van der Waals surface area contributed by atoms with Gasteiger partial charge in [-0.05, 0) is 24.3 Å². The Morgan fingerprint density at radius 2 is 2.16 bits per heavy atom. The summed E-state index contributed by atoms with van der Waals surface area (Å²) in [5, 5.41) is 4.88. The number of urea groups is 1. The third kappa shape index (κ3) is 2.98. The van der Waals surface area contributed by atoms with Crippen molar-refractivity contribution in [1.82, 2.24) is 20.5 Å². The average Bonchev–Trinajstić information content (AvgIpc) is 3.41. The topological polar surface area (TPSA) is 131 Å². The Bertz CT molecular complexity index is 1240. The molecule has 0 spiro atoms. The predicted octanol–water partition coefficient (Wildman–Crippen LogP) is 1.24. The van der Waals surface area contributed by atoms with E-state index in [2.05, 4.69) is 15.6 Å². The molecule has 0 aromatic carbocycles. The number of furan rings is 1. The fraction of sp³-hybridized carbons (Fsp3) is 0.318. The molecule has 2 aromatic rings. The van der Waals surface area contributed by atoms with Crippen LogP contribution in [0.25, 0.3) is 11.1 Å². The maximum absolute atomic E-state index is 13.1. The first kappa shape index (κ1) is 20.0. The minimum Gasteiger partial charge on any atom is -0.497 e. The van der Waals surface area contributed by atoms with E-state index in [9.17, 15) is 19.2 Å². The van der Waals surface area contributed by atoms with Crippen LogP contribution >= 0.6 is 0 Å². The van der Waals surface area contributed by atoms with E-state index in [4.69, 9.17) is 9.15 Å². The van der Waals surface area contributed by atoms with Gasteiger partial charge in [-0.3, -0.25) is 19.7 Å². The van der Waals surface area contributed by atoms with E-state index in [-0.39, 0.29) is 35.6 Å². The molecule has 2 fully saturated rings. The quantitative estimate of drug-likeness (QED) is 0.533. The Kier molecular flexibility index (Phi) is 4.40. The van der Waals surface area contributed by atoms with Crippen LogP contribution in [0.3, 0.4) is 0 Å². The van der Waals surface area contributed by atoms with Crippen molar-refractivity contribution in [3.63, 3.8) is 0 Å². The maximum atomic E-state index is 13.1. The van der Waals surface area contributed by atoms with Crippen LogP contribution < -0.4 is 10.6 Å². The number of rotatable bonds is 5. The minimum absolute atomic E-state index is 0.0610. The van der Waals surface area contributed by atoms with Crippen molar-refractivity contribution in [3.8, 4) is 0 Å².